The number of halogens is 3. The average Bonchev–Trinajstić information content (AvgIpc) is 2.45. The van der Waals surface area contributed by atoms with Gasteiger partial charge in [-0.1, -0.05) is 30.0 Å². The zero-order valence-corrected chi connectivity index (χ0v) is 11.5. The maximum atomic E-state index is 13.1. The first-order valence-corrected chi connectivity index (χ1v) is 6.86. The SMILES string of the molecule is CSc1nc(-c2ccccc2C(F)(F)F)c(C#N)c(=O)[nH]1. The van der Waals surface area contributed by atoms with Crippen LogP contribution in [0.1, 0.15) is 11.1 Å². The molecule has 1 aromatic heterocycles. The van der Waals surface area contributed by atoms with E-state index < -0.39 is 22.9 Å². The second-order valence-electron chi connectivity index (χ2n) is 3.95. The first-order valence-electron chi connectivity index (χ1n) is 5.63. The van der Waals surface area contributed by atoms with Crippen LogP contribution in [0.3, 0.4) is 0 Å². The van der Waals surface area contributed by atoms with Crippen molar-refractivity contribution in [1.29, 1.82) is 5.26 Å². The number of nitrogens with one attached hydrogen (secondary N) is 1. The van der Waals surface area contributed by atoms with Gasteiger partial charge in [-0.15, -0.1) is 0 Å². The molecule has 0 radical (unpaired) electrons. The van der Waals surface area contributed by atoms with Crippen molar-refractivity contribution in [3.63, 3.8) is 0 Å². The Morgan fingerprint density at radius 1 is 1.33 bits per heavy atom. The maximum absolute atomic E-state index is 13.1. The van der Waals surface area contributed by atoms with Crippen LogP contribution in [-0.4, -0.2) is 16.2 Å². The quantitative estimate of drug-likeness (QED) is 0.683. The largest absolute Gasteiger partial charge is 0.417 e. The lowest BCUT2D eigenvalue weighted by Gasteiger charge is -2.13. The summed E-state index contributed by atoms with van der Waals surface area (Å²) in [6.45, 7) is 0. The van der Waals surface area contributed by atoms with Crippen molar-refractivity contribution in [3.05, 3.63) is 45.7 Å². The van der Waals surface area contributed by atoms with Crippen molar-refractivity contribution in [2.45, 2.75) is 11.3 Å². The van der Waals surface area contributed by atoms with Gasteiger partial charge in [-0.3, -0.25) is 4.79 Å². The van der Waals surface area contributed by atoms with Crippen molar-refractivity contribution in [3.8, 4) is 17.3 Å². The molecule has 0 unspecified atom stereocenters. The fourth-order valence-corrected chi connectivity index (χ4v) is 2.16. The zero-order chi connectivity index (χ0) is 15.6. The van der Waals surface area contributed by atoms with Crippen molar-refractivity contribution in [2.75, 3.05) is 6.26 Å². The summed E-state index contributed by atoms with van der Waals surface area (Å²) in [6, 6.07) is 6.32. The van der Waals surface area contributed by atoms with E-state index in [-0.39, 0.29) is 16.4 Å². The third-order valence-corrected chi connectivity index (χ3v) is 3.27. The molecule has 0 aliphatic rings. The number of aromatic amines is 1. The summed E-state index contributed by atoms with van der Waals surface area (Å²) in [5.74, 6) is 0. The van der Waals surface area contributed by atoms with E-state index in [0.717, 1.165) is 17.8 Å². The Morgan fingerprint density at radius 3 is 2.57 bits per heavy atom. The molecule has 4 nitrogen and oxygen atoms in total. The summed E-state index contributed by atoms with van der Waals surface area (Å²) in [4.78, 5) is 18.1. The highest BCUT2D eigenvalue weighted by Crippen LogP contribution is 2.36. The topological polar surface area (TPSA) is 69.5 Å². The molecule has 8 heteroatoms. The van der Waals surface area contributed by atoms with Gasteiger partial charge in [0.2, 0.25) is 0 Å². The number of alkyl halides is 3. The molecule has 2 rings (SSSR count). The first kappa shape index (κ1) is 15.1. The lowest BCUT2D eigenvalue weighted by Crippen LogP contribution is -2.16. The van der Waals surface area contributed by atoms with Crippen molar-refractivity contribution < 1.29 is 13.2 Å². The third kappa shape index (κ3) is 2.92. The number of hydrogen-bond acceptors (Lipinski definition) is 4. The van der Waals surface area contributed by atoms with E-state index in [1.807, 2.05) is 0 Å². The van der Waals surface area contributed by atoms with Crippen molar-refractivity contribution in [1.82, 2.24) is 9.97 Å². The van der Waals surface area contributed by atoms with Gasteiger partial charge in [0.25, 0.3) is 5.56 Å². The highest BCUT2D eigenvalue weighted by molar-refractivity contribution is 7.98. The monoisotopic (exact) mass is 311 g/mol. The molecule has 0 atom stereocenters. The fourth-order valence-electron chi connectivity index (χ4n) is 1.78. The lowest BCUT2D eigenvalue weighted by molar-refractivity contribution is -0.137. The van der Waals surface area contributed by atoms with E-state index in [4.69, 9.17) is 5.26 Å². The molecule has 0 fully saturated rings. The van der Waals surface area contributed by atoms with Crippen LogP contribution in [0.5, 0.6) is 0 Å². The molecule has 21 heavy (non-hydrogen) atoms. The summed E-state index contributed by atoms with van der Waals surface area (Å²) >= 11 is 1.07. The number of thioether (sulfide) groups is 1. The van der Waals surface area contributed by atoms with Gasteiger partial charge in [-0.25, -0.2) is 4.98 Å². The Bertz CT molecular complexity index is 777. The first-order chi connectivity index (χ1) is 9.88. The van der Waals surface area contributed by atoms with Gasteiger partial charge in [0.15, 0.2) is 5.16 Å². The van der Waals surface area contributed by atoms with Crippen molar-refractivity contribution in [2.24, 2.45) is 0 Å². The van der Waals surface area contributed by atoms with Crippen LogP contribution in [0.25, 0.3) is 11.3 Å². The molecule has 0 bridgehead atoms. The van der Waals surface area contributed by atoms with Gasteiger partial charge in [-0.05, 0) is 12.3 Å². The number of nitriles is 1. The summed E-state index contributed by atoms with van der Waals surface area (Å²) in [7, 11) is 0. The second kappa shape index (κ2) is 5.61. The van der Waals surface area contributed by atoms with Gasteiger partial charge in [0.05, 0.1) is 11.3 Å². The Hall–Kier alpha value is -2.27. The number of rotatable bonds is 2. The standard InChI is InChI=1S/C13H8F3N3OS/c1-21-12-18-10(8(6-17)11(20)19-12)7-4-2-3-5-9(7)13(14,15)16/h2-5H,1H3,(H,18,19,20). The van der Waals surface area contributed by atoms with Gasteiger partial charge >= 0.3 is 6.18 Å². The fraction of sp³-hybridized carbons (Fsp3) is 0.154. The number of aromatic nitrogens is 2. The molecule has 0 aliphatic carbocycles. The molecule has 0 saturated heterocycles. The predicted octanol–water partition coefficient (Wildman–Crippen LogP) is 3.05. The van der Waals surface area contributed by atoms with Crippen LogP contribution in [0.2, 0.25) is 0 Å². The Balaban J connectivity index is 2.83. The summed E-state index contributed by atoms with van der Waals surface area (Å²) in [6.07, 6.45) is -2.99. The minimum atomic E-state index is -4.60. The Morgan fingerprint density at radius 2 is 2.00 bits per heavy atom. The molecule has 0 aliphatic heterocycles. The second-order valence-corrected chi connectivity index (χ2v) is 4.75. The molecule has 2 aromatic rings. The summed E-state index contributed by atoms with van der Waals surface area (Å²) < 4.78 is 39.2. The van der Waals surface area contributed by atoms with Crippen LogP contribution in [0, 0.1) is 11.3 Å². The van der Waals surface area contributed by atoms with E-state index in [2.05, 4.69) is 9.97 Å². The van der Waals surface area contributed by atoms with Gasteiger partial charge in [0.1, 0.15) is 11.6 Å². The minimum Gasteiger partial charge on any atom is -0.300 e. The normalized spacial score (nSPS) is 11.2. The van der Waals surface area contributed by atoms with Crippen LogP contribution in [-0.2, 0) is 6.18 Å². The average molecular weight is 311 g/mol. The van der Waals surface area contributed by atoms with E-state index in [1.165, 1.54) is 18.2 Å². The summed E-state index contributed by atoms with van der Waals surface area (Å²) in [5.41, 5.74) is -2.69. The van der Waals surface area contributed by atoms with Crippen LogP contribution < -0.4 is 5.56 Å². The Labute approximate surface area is 121 Å². The molecule has 0 amide bonds. The molecular weight excluding hydrogens is 303 g/mol. The highest BCUT2D eigenvalue weighted by Gasteiger charge is 2.34. The zero-order valence-electron chi connectivity index (χ0n) is 10.7. The lowest BCUT2D eigenvalue weighted by atomic mass is 10.0. The number of hydrogen-bond donors (Lipinski definition) is 1. The molecular formula is C13H8F3N3OS. The third-order valence-electron chi connectivity index (χ3n) is 2.69. The van der Waals surface area contributed by atoms with E-state index in [9.17, 15) is 18.0 Å². The van der Waals surface area contributed by atoms with E-state index in [0.29, 0.717) is 0 Å². The van der Waals surface area contributed by atoms with Gasteiger partial charge < -0.3 is 4.98 Å². The van der Waals surface area contributed by atoms with Gasteiger partial charge in [-0.2, -0.15) is 18.4 Å². The van der Waals surface area contributed by atoms with Crippen molar-refractivity contribution >= 4 is 11.8 Å². The maximum Gasteiger partial charge on any atom is 0.417 e. The van der Waals surface area contributed by atoms with Crippen LogP contribution >= 0.6 is 11.8 Å². The highest BCUT2D eigenvalue weighted by atomic mass is 32.2. The molecule has 1 aromatic carbocycles. The van der Waals surface area contributed by atoms with E-state index >= 15 is 0 Å². The molecule has 108 valence electrons. The number of H-pyrrole nitrogens is 1. The number of benzene rings is 1. The van der Waals surface area contributed by atoms with Gasteiger partial charge in [0, 0.05) is 5.56 Å². The number of nitrogens with zero attached hydrogens (tertiary/aromatic N) is 2. The van der Waals surface area contributed by atoms with E-state index in [1.54, 1.807) is 12.3 Å². The smallest absolute Gasteiger partial charge is 0.300 e. The minimum absolute atomic E-state index is 0.144. The molecule has 0 saturated carbocycles. The summed E-state index contributed by atoms with van der Waals surface area (Å²) in [5, 5.41) is 9.16. The molecule has 0 spiro atoms. The van der Waals surface area contributed by atoms with Crippen LogP contribution in [0.4, 0.5) is 13.2 Å². The van der Waals surface area contributed by atoms with Crippen LogP contribution in [0.15, 0.2) is 34.2 Å². The molecule has 1 heterocycles. The molecule has 1 N–H and O–H groups in total. The Kier molecular flexibility index (Phi) is 4.04. The predicted molar refractivity (Wildman–Crippen MR) is 71.8 cm³/mol.